The molecule has 0 amide bonds. The fourth-order valence-corrected chi connectivity index (χ4v) is 10.2. The fourth-order valence-electron chi connectivity index (χ4n) is 10.2. The van der Waals surface area contributed by atoms with Crippen LogP contribution in [0.5, 0.6) is 0 Å². The number of para-hydroxylation sites is 4. The molecule has 3 aromatic heterocycles. The van der Waals surface area contributed by atoms with Crippen LogP contribution in [0.1, 0.15) is 0 Å². The smallest absolute Gasteiger partial charge is 0.0620 e. The molecular formula is C60H39N3. The Morgan fingerprint density at radius 2 is 0.762 bits per heavy atom. The first-order chi connectivity index (χ1) is 31.3. The third kappa shape index (κ3) is 5.53. The van der Waals surface area contributed by atoms with Crippen molar-refractivity contribution in [2.24, 2.45) is 0 Å². The number of hydrogen-bond acceptors (Lipinski definition) is 1. The van der Waals surface area contributed by atoms with Gasteiger partial charge in [-0.25, -0.2) is 0 Å². The van der Waals surface area contributed by atoms with E-state index in [1.54, 1.807) is 0 Å². The normalized spacial score (nSPS) is 11.8. The summed E-state index contributed by atoms with van der Waals surface area (Å²) in [5.41, 5.74) is 17.8. The van der Waals surface area contributed by atoms with Crippen LogP contribution >= 0.6 is 0 Å². The summed E-state index contributed by atoms with van der Waals surface area (Å²) in [5.74, 6) is 0. The summed E-state index contributed by atoms with van der Waals surface area (Å²) in [4.78, 5) is 2.37. The van der Waals surface area contributed by atoms with E-state index in [0.717, 1.165) is 22.7 Å². The van der Waals surface area contributed by atoms with Gasteiger partial charge in [-0.1, -0.05) is 164 Å². The molecule has 0 saturated carbocycles. The summed E-state index contributed by atoms with van der Waals surface area (Å²) in [7, 11) is 0. The lowest BCUT2D eigenvalue weighted by atomic mass is 9.98. The van der Waals surface area contributed by atoms with E-state index in [0.29, 0.717) is 0 Å². The number of rotatable bonds is 7. The summed E-state index contributed by atoms with van der Waals surface area (Å²) in [5, 5.41) is 7.71. The minimum absolute atomic E-state index is 1.09. The zero-order valence-electron chi connectivity index (χ0n) is 34.4. The summed E-state index contributed by atoms with van der Waals surface area (Å²) < 4.78 is 4.84. The standard InChI is InChI=1S/C60H39N3/c1-3-13-40(14-4-1)41-25-32-46(33-26-41)61(48-36-29-43(30-37-48)49-19-12-24-57-59(49)54-18-8-10-23-56(54)62(57)45-15-5-2-6-16-45)47-34-27-42(28-35-47)44-31-38-51-53-21-11-20-52-50-17-7-9-22-55(50)63(60(52)53)58(51)39-44/h1-39H. The van der Waals surface area contributed by atoms with Crippen LogP contribution in [0.15, 0.2) is 237 Å². The van der Waals surface area contributed by atoms with E-state index < -0.39 is 0 Å². The van der Waals surface area contributed by atoms with Crippen molar-refractivity contribution in [3.05, 3.63) is 237 Å². The molecule has 0 bridgehead atoms. The largest absolute Gasteiger partial charge is 0.311 e. The molecule has 0 saturated heterocycles. The zero-order valence-corrected chi connectivity index (χ0v) is 34.4. The van der Waals surface area contributed by atoms with Crippen molar-refractivity contribution in [3.63, 3.8) is 0 Å². The topological polar surface area (TPSA) is 12.6 Å². The summed E-state index contributed by atoms with van der Waals surface area (Å²) >= 11 is 0. The highest BCUT2D eigenvalue weighted by Crippen LogP contribution is 2.43. The quantitative estimate of drug-likeness (QED) is 0.156. The van der Waals surface area contributed by atoms with Crippen molar-refractivity contribution in [1.29, 1.82) is 0 Å². The predicted molar refractivity (Wildman–Crippen MR) is 266 cm³/mol. The van der Waals surface area contributed by atoms with Crippen molar-refractivity contribution in [3.8, 4) is 39.1 Å². The van der Waals surface area contributed by atoms with Crippen LogP contribution in [0.25, 0.3) is 99.0 Å². The second kappa shape index (κ2) is 14.1. The van der Waals surface area contributed by atoms with E-state index in [1.807, 2.05) is 0 Å². The van der Waals surface area contributed by atoms with Crippen LogP contribution in [-0.4, -0.2) is 8.97 Å². The third-order valence-electron chi connectivity index (χ3n) is 13.1. The highest BCUT2D eigenvalue weighted by Gasteiger charge is 2.20. The first-order valence-corrected chi connectivity index (χ1v) is 21.7. The van der Waals surface area contributed by atoms with Gasteiger partial charge >= 0.3 is 0 Å². The van der Waals surface area contributed by atoms with Gasteiger partial charge in [0.05, 0.1) is 27.6 Å². The monoisotopic (exact) mass is 801 g/mol. The first-order valence-electron chi connectivity index (χ1n) is 21.7. The first kappa shape index (κ1) is 35.4. The van der Waals surface area contributed by atoms with Crippen LogP contribution in [-0.2, 0) is 0 Å². The number of benzene rings is 10. The number of anilines is 3. The third-order valence-corrected chi connectivity index (χ3v) is 13.1. The molecule has 63 heavy (non-hydrogen) atoms. The molecule has 0 fully saturated rings. The Morgan fingerprint density at radius 3 is 1.44 bits per heavy atom. The highest BCUT2D eigenvalue weighted by atomic mass is 15.1. The maximum atomic E-state index is 2.46. The Labute approximate surface area is 364 Å². The molecule has 0 aliphatic heterocycles. The van der Waals surface area contributed by atoms with Crippen molar-refractivity contribution < 1.29 is 0 Å². The van der Waals surface area contributed by atoms with Crippen molar-refractivity contribution >= 4 is 77.0 Å². The molecule has 0 aliphatic carbocycles. The van der Waals surface area contributed by atoms with E-state index in [4.69, 9.17) is 0 Å². The molecule has 0 radical (unpaired) electrons. The van der Waals surface area contributed by atoms with Crippen molar-refractivity contribution in [2.45, 2.75) is 0 Å². The fraction of sp³-hybridized carbons (Fsp3) is 0. The second-order valence-corrected chi connectivity index (χ2v) is 16.5. The lowest BCUT2D eigenvalue weighted by Gasteiger charge is -2.26. The van der Waals surface area contributed by atoms with Gasteiger partial charge in [0.2, 0.25) is 0 Å². The van der Waals surface area contributed by atoms with Gasteiger partial charge in [0.1, 0.15) is 0 Å². The van der Waals surface area contributed by atoms with Crippen LogP contribution in [0.4, 0.5) is 17.1 Å². The molecule has 3 heterocycles. The molecule has 13 aromatic rings. The van der Waals surface area contributed by atoms with Gasteiger partial charge in [-0.3, -0.25) is 0 Å². The second-order valence-electron chi connectivity index (χ2n) is 16.5. The lowest BCUT2D eigenvalue weighted by Crippen LogP contribution is -2.09. The number of hydrogen-bond donors (Lipinski definition) is 0. The minimum Gasteiger partial charge on any atom is -0.311 e. The van der Waals surface area contributed by atoms with Gasteiger partial charge < -0.3 is 13.9 Å². The van der Waals surface area contributed by atoms with Gasteiger partial charge in [0, 0.05) is 55.1 Å². The average molecular weight is 802 g/mol. The maximum absolute atomic E-state index is 2.46. The molecule has 294 valence electrons. The van der Waals surface area contributed by atoms with Gasteiger partial charge in [0.15, 0.2) is 0 Å². The molecule has 0 unspecified atom stereocenters. The Balaban J connectivity index is 0.911. The van der Waals surface area contributed by atoms with Gasteiger partial charge in [-0.15, -0.1) is 0 Å². The van der Waals surface area contributed by atoms with E-state index in [1.165, 1.54) is 93.3 Å². The molecule has 13 rings (SSSR count). The Morgan fingerprint density at radius 1 is 0.286 bits per heavy atom. The molecular weight excluding hydrogens is 763 g/mol. The number of aromatic nitrogens is 2. The van der Waals surface area contributed by atoms with Crippen LogP contribution in [0, 0.1) is 0 Å². The van der Waals surface area contributed by atoms with E-state index in [2.05, 4.69) is 250 Å². The Hall–Kier alpha value is -8.40. The van der Waals surface area contributed by atoms with Crippen molar-refractivity contribution in [2.75, 3.05) is 4.90 Å². The van der Waals surface area contributed by atoms with Crippen LogP contribution in [0.3, 0.4) is 0 Å². The molecule has 0 atom stereocenters. The molecule has 0 aliphatic rings. The summed E-state index contributed by atoms with van der Waals surface area (Å²) in [6.07, 6.45) is 0. The molecule has 10 aromatic carbocycles. The molecule has 0 spiro atoms. The average Bonchev–Trinajstić information content (AvgIpc) is 4.01. The summed E-state index contributed by atoms with van der Waals surface area (Å²) in [6.45, 7) is 0. The minimum atomic E-state index is 1.09. The van der Waals surface area contributed by atoms with Gasteiger partial charge in [-0.2, -0.15) is 0 Å². The van der Waals surface area contributed by atoms with E-state index in [9.17, 15) is 0 Å². The van der Waals surface area contributed by atoms with Crippen LogP contribution in [0.2, 0.25) is 0 Å². The van der Waals surface area contributed by atoms with Crippen molar-refractivity contribution in [1.82, 2.24) is 8.97 Å². The maximum Gasteiger partial charge on any atom is 0.0620 e. The zero-order chi connectivity index (χ0) is 41.4. The van der Waals surface area contributed by atoms with E-state index in [-0.39, 0.29) is 0 Å². The predicted octanol–water partition coefficient (Wildman–Crippen LogP) is 16.4. The number of fused-ring (bicyclic) bond motifs is 9. The Bertz CT molecular complexity index is 3800. The summed E-state index contributed by atoms with van der Waals surface area (Å²) in [6, 6.07) is 86.2. The van der Waals surface area contributed by atoms with Gasteiger partial charge in [-0.05, 0) is 106 Å². The molecule has 3 nitrogen and oxygen atoms in total. The van der Waals surface area contributed by atoms with Crippen LogP contribution < -0.4 is 4.90 Å². The van der Waals surface area contributed by atoms with E-state index >= 15 is 0 Å². The highest BCUT2D eigenvalue weighted by molar-refractivity contribution is 6.23. The Kier molecular flexibility index (Phi) is 7.91. The SMILES string of the molecule is c1ccc(-c2ccc(N(c3ccc(-c4ccc5c6cccc7c8ccccc8n(c5c4)c76)cc3)c3ccc(-c4cccc5c4c4ccccc4n5-c4ccccc4)cc3)cc2)cc1. The molecule has 3 heteroatoms. The molecule has 0 N–H and O–H groups in total. The number of nitrogens with zero attached hydrogens (tertiary/aromatic N) is 3. The van der Waals surface area contributed by atoms with Gasteiger partial charge in [0.25, 0.3) is 0 Å². The lowest BCUT2D eigenvalue weighted by molar-refractivity contribution is 1.18.